The zero-order valence-electron chi connectivity index (χ0n) is 10.3. The van der Waals surface area contributed by atoms with E-state index in [0.29, 0.717) is 0 Å². The lowest BCUT2D eigenvalue weighted by Gasteiger charge is -2.31. The number of ether oxygens (including phenoxy) is 1. The fraction of sp³-hybridized carbons (Fsp3) is 0.500. The average Bonchev–Trinajstić information content (AvgIpc) is 2.54. The van der Waals surface area contributed by atoms with E-state index in [1.54, 1.807) is 7.11 Å². The number of benzene rings is 1. The van der Waals surface area contributed by atoms with Crippen LogP contribution in [-0.4, -0.2) is 25.9 Å². The fourth-order valence-corrected chi connectivity index (χ4v) is 2.18. The Labute approximate surface area is 96.7 Å². The van der Waals surface area contributed by atoms with Gasteiger partial charge >= 0.3 is 0 Å². The second kappa shape index (κ2) is 4.11. The maximum Gasteiger partial charge on any atom is 0.267 e. The molecule has 1 saturated heterocycles. The Bertz CT molecular complexity index is 353. The third kappa shape index (κ3) is 1.95. The van der Waals surface area contributed by atoms with Gasteiger partial charge < -0.3 is 14.0 Å². The highest BCUT2D eigenvalue weighted by atomic mass is 16.7. The summed E-state index contributed by atoms with van der Waals surface area (Å²) in [6, 6.07) is 7.87. The molecule has 0 bridgehead atoms. The van der Waals surface area contributed by atoms with Crippen molar-refractivity contribution >= 4 is 12.0 Å². The van der Waals surface area contributed by atoms with Gasteiger partial charge in [0, 0.05) is 12.2 Å². The van der Waals surface area contributed by atoms with Gasteiger partial charge in [-0.05, 0) is 26.0 Å². The predicted octanol–water partition coefficient (Wildman–Crippen LogP) is 1.80. The molecule has 1 aliphatic rings. The number of methoxy groups -OCH3 is 1. The first-order chi connectivity index (χ1) is 7.55. The molecule has 4 heteroatoms. The molecule has 0 amide bonds. The van der Waals surface area contributed by atoms with Gasteiger partial charge in [0.2, 0.25) is 0 Å². The zero-order valence-corrected chi connectivity index (χ0v) is 10.3. The first-order valence-electron chi connectivity index (χ1n) is 5.73. The maximum atomic E-state index is 5.92. The van der Waals surface area contributed by atoms with Crippen LogP contribution in [0, 0.1) is 0 Å². The molecule has 2 unspecified atom stereocenters. The lowest BCUT2D eigenvalue weighted by molar-refractivity contribution is 0.187. The molecule has 0 N–H and O–H groups in total. The van der Waals surface area contributed by atoms with Gasteiger partial charge in [-0.3, -0.25) is 0 Å². The summed E-state index contributed by atoms with van der Waals surface area (Å²) in [5.41, 5.74) is 1.08. The lowest BCUT2D eigenvalue weighted by Crippen LogP contribution is -2.47. The second-order valence-corrected chi connectivity index (χ2v) is 4.55. The molecule has 3 nitrogen and oxygen atoms in total. The Kier molecular flexibility index (Phi) is 2.95. The van der Waals surface area contributed by atoms with E-state index >= 15 is 0 Å². The molecule has 0 aliphatic carbocycles. The Morgan fingerprint density at radius 1 is 1.06 bits per heavy atom. The highest BCUT2D eigenvalue weighted by Crippen LogP contribution is 2.25. The van der Waals surface area contributed by atoms with Crippen molar-refractivity contribution in [2.24, 2.45) is 0 Å². The van der Waals surface area contributed by atoms with Crippen LogP contribution < -0.4 is 10.2 Å². The Morgan fingerprint density at radius 3 is 2.00 bits per heavy atom. The smallest absolute Gasteiger partial charge is 0.267 e. The second-order valence-electron chi connectivity index (χ2n) is 4.55. The van der Waals surface area contributed by atoms with Gasteiger partial charge in [-0.2, -0.15) is 5.46 Å². The largest absolute Gasteiger partial charge is 0.561 e. The van der Waals surface area contributed by atoms with Crippen LogP contribution in [0.15, 0.2) is 24.3 Å². The highest BCUT2D eigenvalue weighted by molar-refractivity contribution is 6.80. The van der Waals surface area contributed by atoms with Crippen molar-refractivity contribution in [2.45, 2.75) is 32.9 Å². The minimum atomic E-state index is -1.33. The molecule has 0 aromatic heterocycles. The maximum absolute atomic E-state index is 5.92. The van der Waals surface area contributed by atoms with E-state index < -0.39 is 6.55 Å². The molecular formula is C12H18BO3-. The van der Waals surface area contributed by atoms with E-state index in [4.69, 9.17) is 14.0 Å². The predicted molar refractivity (Wildman–Crippen MR) is 65.3 cm³/mol. The number of rotatable bonds is 2. The van der Waals surface area contributed by atoms with Crippen LogP contribution in [0.2, 0.25) is 6.82 Å². The van der Waals surface area contributed by atoms with Gasteiger partial charge in [0.25, 0.3) is 6.55 Å². The summed E-state index contributed by atoms with van der Waals surface area (Å²) >= 11 is 0. The molecule has 1 aromatic carbocycles. The van der Waals surface area contributed by atoms with Crippen LogP contribution in [-0.2, 0) is 9.31 Å². The van der Waals surface area contributed by atoms with E-state index in [0.717, 1.165) is 11.2 Å². The standard InChI is InChI=1S/C12H18BO3/c1-9-10(2)16-13(3,15-9)11-5-7-12(14-4)8-6-11/h5-10H,1-4H3/q-1. The third-order valence-corrected chi connectivity index (χ3v) is 3.33. The van der Waals surface area contributed by atoms with E-state index in [1.807, 2.05) is 44.9 Å². The van der Waals surface area contributed by atoms with Crippen molar-refractivity contribution in [1.82, 2.24) is 0 Å². The lowest BCUT2D eigenvalue weighted by atomic mass is 9.54. The molecule has 2 rings (SSSR count). The van der Waals surface area contributed by atoms with Gasteiger partial charge in [-0.1, -0.05) is 12.1 Å². The minimum Gasteiger partial charge on any atom is -0.561 e. The van der Waals surface area contributed by atoms with Crippen LogP contribution in [0.25, 0.3) is 0 Å². The van der Waals surface area contributed by atoms with Gasteiger partial charge in [-0.25, -0.2) is 0 Å². The molecule has 88 valence electrons. The quantitative estimate of drug-likeness (QED) is 0.712. The first-order valence-corrected chi connectivity index (χ1v) is 5.73. The Hall–Kier alpha value is -0.995. The van der Waals surface area contributed by atoms with Crippen molar-refractivity contribution in [3.05, 3.63) is 24.3 Å². The van der Waals surface area contributed by atoms with Crippen molar-refractivity contribution in [2.75, 3.05) is 7.11 Å². The summed E-state index contributed by atoms with van der Waals surface area (Å²) in [6.45, 7) is 4.77. The highest BCUT2D eigenvalue weighted by Gasteiger charge is 2.35. The van der Waals surface area contributed by atoms with Crippen molar-refractivity contribution < 1.29 is 14.0 Å². The third-order valence-electron chi connectivity index (χ3n) is 3.33. The van der Waals surface area contributed by atoms with Crippen LogP contribution >= 0.6 is 0 Å². The normalized spacial score (nSPS) is 34.0. The molecule has 1 heterocycles. The number of hydrogen-bond donors (Lipinski definition) is 0. The van der Waals surface area contributed by atoms with E-state index in [2.05, 4.69) is 0 Å². The van der Waals surface area contributed by atoms with Crippen LogP contribution in [0.3, 0.4) is 0 Å². The monoisotopic (exact) mass is 221 g/mol. The Balaban J connectivity index is 2.23. The SMILES string of the molecule is COc1ccc([B-]2(C)OC(C)C(C)O2)cc1. The van der Waals surface area contributed by atoms with E-state index in [1.165, 1.54) is 0 Å². The number of hydrogen-bond acceptors (Lipinski definition) is 3. The first kappa shape index (κ1) is 11.5. The molecule has 1 fully saturated rings. The van der Waals surface area contributed by atoms with Gasteiger partial charge in [0.1, 0.15) is 5.75 Å². The molecule has 0 spiro atoms. The van der Waals surface area contributed by atoms with Gasteiger partial charge in [0.05, 0.1) is 7.11 Å². The molecule has 2 atom stereocenters. The van der Waals surface area contributed by atoms with Gasteiger partial charge in [-0.15, -0.1) is 6.82 Å². The molecule has 0 radical (unpaired) electrons. The fourth-order valence-electron chi connectivity index (χ4n) is 2.18. The average molecular weight is 221 g/mol. The molecule has 1 aliphatic heterocycles. The summed E-state index contributed by atoms with van der Waals surface area (Å²) in [5, 5.41) is 0. The summed E-state index contributed by atoms with van der Waals surface area (Å²) in [4.78, 5) is 0. The molecule has 16 heavy (non-hydrogen) atoms. The molecule has 1 aromatic rings. The van der Waals surface area contributed by atoms with E-state index in [9.17, 15) is 0 Å². The topological polar surface area (TPSA) is 27.7 Å². The van der Waals surface area contributed by atoms with Crippen molar-refractivity contribution in [3.8, 4) is 5.75 Å². The van der Waals surface area contributed by atoms with E-state index in [-0.39, 0.29) is 12.2 Å². The van der Waals surface area contributed by atoms with Crippen LogP contribution in [0.4, 0.5) is 0 Å². The van der Waals surface area contributed by atoms with Crippen LogP contribution in [0.5, 0.6) is 5.75 Å². The summed E-state index contributed by atoms with van der Waals surface area (Å²) in [7, 11) is 1.66. The molecular weight excluding hydrogens is 203 g/mol. The van der Waals surface area contributed by atoms with Crippen molar-refractivity contribution in [3.63, 3.8) is 0 Å². The Morgan fingerprint density at radius 2 is 1.56 bits per heavy atom. The minimum absolute atomic E-state index is 0.145. The summed E-state index contributed by atoms with van der Waals surface area (Å²) in [6.07, 6.45) is 0.291. The summed E-state index contributed by atoms with van der Waals surface area (Å²) < 4.78 is 17.0. The zero-order chi connectivity index (χ0) is 11.8. The molecule has 0 saturated carbocycles. The summed E-state index contributed by atoms with van der Waals surface area (Å²) in [5.74, 6) is 0.849. The van der Waals surface area contributed by atoms with Crippen LogP contribution in [0.1, 0.15) is 13.8 Å². The van der Waals surface area contributed by atoms with Gasteiger partial charge in [0.15, 0.2) is 0 Å². The van der Waals surface area contributed by atoms with Crippen molar-refractivity contribution in [1.29, 1.82) is 0 Å².